The fourth-order valence-electron chi connectivity index (χ4n) is 3.75. The summed E-state index contributed by atoms with van der Waals surface area (Å²) in [6, 6.07) is 22.2. The number of carboxylic acid groups (broad SMARTS) is 1. The van der Waals surface area contributed by atoms with Gasteiger partial charge < -0.3 is 15.6 Å². The highest BCUT2D eigenvalue weighted by molar-refractivity contribution is 7.98. The summed E-state index contributed by atoms with van der Waals surface area (Å²) in [5, 5.41) is 9.47. The summed E-state index contributed by atoms with van der Waals surface area (Å²) in [6.07, 6.45) is 3.48. The third kappa shape index (κ3) is 4.02. The zero-order chi connectivity index (χ0) is 20.4. The standard InChI is InChI=1S/C24H23NO3S/c1-29-20-6-4-5-17(14-20)21-7-2-3-8-22(21)28-19-10-9-16-11-12-24(25,23(26)27)15-18(16)13-19/h2-10,13-14H,11-12,15,25H2,1H3,(H,26,27). The van der Waals surface area contributed by atoms with Crippen LogP contribution in [0, 0.1) is 0 Å². The van der Waals surface area contributed by atoms with Gasteiger partial charge in [-0.2, -0.15) is 0 Å². The van der Waals surface area contributed by atoms with Gasteiger partial charge in [-0.1, -0.05) is 36.4 Å². The predicted octanol–water partition coefficient (Wildman–Crippen LogP) is 5.14. The Kier molecular flexibility index (Phi) is 5.35. The van der Waals surface area contributed by atoms with Crippen LogP contribution in [0.15, 0.2) is 71.6 Å². The molecule has 0 bridgehead atoms. The van der Waals surface area contributed by atoms with Crippen LogP contribution in [0.1, 0.15) is 17.5 Å². The highest BCUT2D eigenvalue weighted by Crippen LogP contribution is 2.36. The van der Waals surface area contributed by atoms with Crippen LogP contribution < -0.4 is 10.5 Å². The Balaban J connectivity index is 1.65. The first-order valence-corrected chi connectivity index (χ1v) is 10.8. The second-order valence-electron chi connectivity index (χ2n) is 7.40. The number of aliphatic carboxylic acids is 1. The van der Waals surface area contributed by atoms with E-state index in [9.17, 15) is 9.90 Å². The van der Waals surface area contributed by atoms with Crippen molar-refractivity contribution in [3.8, 4) is 22.6 Å². The van der Waals surface area contributed by atoms with Crippen LogP contribution in [0.2, 0.25) is 0 Å². The predicted molar refractivity (Wildman–Crippen MR) is 117 cm³/mol. The Morgan fingerprint density at radius 2 is 1.90 bits per heavy atom. The summed E-state index contributed by atoms with van der Waals surface area (Å²) >= 11 is 1.70. The summed E-state index contributed by atoms with van der Waals surface area (Å²) in [4.78, 5) is 12.8. The first kappa shape index (κ1) is 19.6. The second kappa shape index (κ2) is 7.93. The summed E-state index contributed by atoms with van der Waals surface area (Å²) in [5.41, 5.74) is 9.09. The third-order valence-corrected chi connectivity index (χ3v) is 6.17. The molecule has 4 rings (SSSR count). The van der Waals surface area contributed by atoms with Gasteiger partial charge >= 0.3 is 5.97 Å². The number of rotatable bonds is 5. The molecule has 4 nitrogen and oxygen atoms in total. The molecule has 3 aromatic carbocycles. The normalized spacial score (nSPS) is 18.1. The van der Waals surface area contributed by atoms with Crippen molar-refractivity contribution in [1.82, 2.24) is 0 Å². The van der Waals surface area contributed by atoms with Crippen LogP contribution in [0.3, 0.4) is 0 Å². The number of carboxylic acids is 1. The molecule has 1 atom stereocenters. The fourth-order valence-corrected chi connectivity index (χ4v) is 4.21. The van der Waals surface area contributed by atoms with Gasteiger partial charge in [0.2, 0.25) is 0 Å². The number of hydrogen-bond donors (Lipinski definition) is 2. The molecule has 0 saturated heterocycles. The number of nitrogens with two attached hydrogens (primary N) is 1. The summed E-state index contributed by atoms with van der Waals surface area (Å²) < 4.78 is 6.24. The summed E-state index contributed by atoms with van der Waals surface area (Å²) in [7, 11) is 0. The van der Waals surface area contributed by atoms with Crippen molar-refractivity contribution in [3.05, 3.63) is 77.9 Å². The molecule has 148 valence electrons. The minimum atomic E-state index is -1.21. The molecule has 0 heterocycles. The molecule has 1 aliphatic rings. The average Bonchev–Trinajstić information content (AvgIpc) is 2.74. The van der Waals surface area contributed by atoms with Gasteiger partial charge in [-0.3, -0.25) is 4.79 Å². The quantitative estimate of drug-likeness (QED) is 0.575. The highest BCUT2D eigenvalue weighted by Gasteiger charge is 2.37. The molecule has 1 unspecified atom stereocenters. The van der Waals surface area contributed by atoms with Crippen molar-refractivity contribution in [2.75, 3.05) is 6.26 Å². The molecule has 0 radical (unpaired) electrons. The van der Waals surface area contributed by atoms with Crippen LogP contribution in [-0.4, -0.2) is 22.9 Å². The Bertz CT molecular complexity index is 1070. The van der Waals surface area contributed by atoms with E-state index in [-0.39, 0.29) is 0 Å². The molecule has 3 N–H and O–H groups in total. The molecular formula is C24H23NO3S. The number of carbonyl (C=O) groups is 1. The van der Waals surface area contributed by atoms with Crippen molar-refractivity contribution in [1.29, 1.82) is 0 Å². The zero-order valence-corrected chi connectivity index (χ0v) is 17.0. The Hall–Kier alpha value is -2.76. The van der Waals surface area contributed by atoms with Gasteiger partial charge in [0.25, 0.3) is 0 Å². The maximum Gasteiger partial charge on any atom is 0.324 e. The highest BCUT2D eigenvalue weighted by atomic mass is 32.2. The van der Waals surface area contributed by atoms with Crippen molar-refractivity contribution < 1.29 is 14.6 Å². The van der Waals surface area contributed by atoms with Crippen molar-refractivity contribution in [3.63, 3.8) is 0 Å². The van der Waals surface area contributed by atoms with Crippen molar-refractivity contribution >= 4 is 17.7 Å². The van der Waals surface area contributed by atoms with E-state index >= 15 is 0 Å². The van der Waals surface area contributed by atoms with E-state index in [2.05, 4.69) is 24.5 Å². The largest absolute Gasteiger partial charge is 0.480 e. The first-order chi connectivity index (χ1) is 14.0. The molecule has 0 fully saturated rings. The van der Waals surface area contributed by atoms with Crippen LogP contribution in [0.25, 0.3) is 11.1 Å². The van der Waals surface area contributed by atoms with E-state index in [0.29, 0.717) is 25.0 Å². The minimum Gasteiger partial charge on any atom is -0.480 e. The minimum absolute atomic E-state index is 0.312. The molecule has 0 spiro atoms. The molecule has 0 amide bonds. The molecule has 29 heavy (non-hydrogen) atoms. The van der Waals surface area contributed by atoms with Gasteiger partial charge in [-0.15, -0.1) is 11.8 Å². The lowest BCUT2D eigenvalue weighted by Crippen LogP contribution is -2.52. The Morgan fingerprint density at radius 1 is 1.07 bits per heavy atom. The number of para-hydroxylation sites is 1. The lowest BCUT2D eigenvalue weighted by molar-refractivity contribution is -0.143. The van der Waals surface area contributed by atoms with E-state index in [1.807, 2.05) is 48.5 Å². The van der Waals surface area contributed by atoms with E-state index in [1.54, 1.807) is 11.8 Å². The summed E-state index contributed by atoms with van der Waals surface area (Å²) in [5.74, 6) is 0.499. The number of ether oxygens (including phenoxy) is 1. The lowest BCUT2D eigenvalue weighted by Gasteiger charge is -2.31. The fraction of sp³-hybridized carbons (Fsp3) is 0.208. The lowest BCUT2D eigenvalue weighted by atomic mass is 9.78. The van der Waals surface area contributed by atoms with Crippen molar-refractivity contribution in [2.24, 2.45) is 5.73 Å². The van der Waals surface area contributed by atoms with Gasteiger partial charge in [0.15, 0.2) is 0 Å². The smallest absolute Gasteiger partial charge is 0.324 e. The Labute approximate surface area is 174 Å². The zero-order valence-electron chi connectivity index (χ0n) is 16.2. The molecule has 0 aromatic heterocycles. The molecule has 0 saturated carbocycles. The van der Waals surface area contributed by atoms with Crippen LogP contribution in [-0.2, 0) is 17.6 Å². The van der Waals surface area contributed by atoms with Crippen LogP contribution >= 0.6 is 11.8 Å². The van der Waals surface area contributed by atoms with Gasteiger partial charge in [0.1, 0.15) is 17.0 Å². The number of hydrogen-bond acceptors (Lipinski definition) is 4. The van der Waals surface area contributed by atoms with Gasteiger partial charge in [-0.05, 0) is 66.1 Å². The van der Waals surface area contributed by atoms with Crippen molar-refractivity contribution in [2.45, 2.75) is 29.7 Å². The first-order valence-electron chi connectivity index (χ1n) is 9.54. The molecule has 3 aromatic rings. The number of fused-ring (bicyclic) bond motifs is 1. The Morgan fingerprint density at radius 3 is 2.69 bits per heavy atom. The van der Waals surface area contributed by atoms with E-state index in [4.69, 9.17) is 10.5 Å². The second-order valence-corrected chi connectivity index (χ2v) is 8.28. The number of thioether (sulfide) groups is 1. The van der Waals surface area contributed by atoms with E-state index in [0.717, 1.165) is 28.0 Å². The van der Waals surface area contributed by atoms with Gasteiger partial charge in [0.05, 0.1) is 0 Å². The monoisotopic (exact) mass is 405 g/mol. The average molecular weight is 406 g/mol. The number of aryl methyl sites for hydroxylation is 1. The molecule has 0 aliphatic heterocycles. The summed E-state index contributed by atoms with van der Waals surface area (Å²) in [6.45, 7) is 0. The third-order valence-electron chi connectivity index (χ3n) is 5.45. The maximum atomic E-state index is 11.6. The molecule has 5 heteroatoms. The molecule has 1 aliphatic carbocycles. The number of benzene rings is 3. The molecular weight excluding hydrogens is 382 g/mol. The SMILES string of the molecule is CSc1cccc(-c2ccccc2Oc2ccc3c(c2)CC(N)(C(=O)O)CC3)c1. The maximum absolute atomic E-state index is 11.6. The van der Waals surface area contributed by atoms with Crippen LogP contribution in [0.4, 0.5) is 0 Å². The van der Waals surface area contributed by atoms with Gasteiger partial charge in [0, 0.05) is 16.9 Å². The van der Waals surface area contributed by atoms with Crippen LogP contribution in [0.5, 0.6) is 11.5 Å². The van der Waals surface area contributed by atoms with E-state index in [1.165, 1.54) is 4.90 Å². The van der Waals surface area contributed by atoms with Gasteiger partial charge in [-0.25, -0.2) is 0 Å². The van der Waals surface area contributed by atoms with E-state index < -0.39 is 11.5 Å². The topological polar surface area (TPSA) is 72.5 Å².